The summed E-state index contributed by atoms with van der Waals surface area (Å²) < 4.78 is 0. The maximum Gasteiger partial charge on any atom is 0.282 e. The summed E-state index contributed by atoms with van der Waals surface area (Å²) in [6.07, 6.45) is 1.67. The molecule has 2 fully saturated rings. The molecular weight excluding hydrogens is 434 g/mol. The Morgan fingerprint density at radius 2 is 1.73 bits per heavy atom. The van der Waals surface area contributed by atoms with Crippen molar-refractivity contribution in [3.8, 4) is 0 Å². The van der Waals surface area contributed by atoms with Crippen LogP contribution in [0.3, 0.4) is 0 Å². The molecule has 2 aliphatic heterocycles. The first-order valence-corrected chi connectivity index (χ1v) is 12.2. The highest BCUT2D eigenvalue weighted by molar-refractivity contribution is 7.11. The predicted octanol–water partition coefficient (Wildman–Crippen LogP) is 3.04. The summed E-state index contributed by atoms with van der Waals surface area (Å²) in [5.74, 6) is 0.100. The summed E-state index contributed by atoms with van der Waals surface area (Å²) in [6.45, 7) is 5.28. The number of carbonyl (C=O) groups excluding carboxylic acids is 2. The number of benzene rings is 2. The average Bonchev–Trinajstić information content (AvgIpc) is 3.38. The van der Waals surface area contributed by atoms with E-state index < -0.39 is 0 Å². The molecule has 0 spiro atoms. The minimum absolute atomic E-state index is 0.0239. The number of rotatable bonds is 6. The third-order valence-electron chi connectivity index (χ3n) is 6.33. The summed E-state index contributed by atoms with van der Waals surface area (Å²) in [5.41, 5.74) is 2.86. The van der Waals surface area contributed by atoms with E-state index in [-0.39, 0.29) is 11.8 Å². The lowest BCUT2D eigenvalue weighted by Gasteiger charge is -2.48. The molecule has 8 heteroatoms. The second-order valence-corrected chi connectivity index (χ2v) is 9.34. The molecule has 33 heavy (non-hydrogen) atoms. The Balaban J connectivity index is 1.10. The van der Waals surface area contributed by atoms with Crippen LogP contribution in [0.2, 0.25) is 0 Å². The zero-order valence-corrected chi connectivity index (χ0v) is 19.2. The Morgan fingerprint density at radius 3 is 2.45 bits per heavy atom. The van der Waals surface area contributed by atoms with Gasteiger partial charge in [-0.1, -0.05) is 36.4 Å². The van der Waals surface area contributed by atoms with Crippen LogP contribution in [0.15, 0.2) is 66.2 Å². The molecule has 3 aromatic rings. The number of hydrogen-bond acceptors (Lipinski definition) is 6. The highest BCUT2D eigenvalue weighted by atomic mass is 32.1. The monoisotopic (exact) mass is 461 g/mol. The molecule has 2 amide bonds. The van der Waals surface area contributed by atoms with Gasteiger partial charge >= 0.3 is 0 Å². The minimum Gasteiger partial charge on any atom is -0.381 e. The minimum atomic E-state index is 0.0239. The number of nitrogens with one attached hydrogen (secondary N) is 1. The van der Waals surface area contributed by atoms with Gasteiger partial charge in [-0.15, -0.1) is 11.3 Å². The van der Waals surface area contributed by atoms with Gasteiger partial charge in [0.25, 0.3) is 11.8 Å². The third kappa shape index (κ3) is 4.91. The van der Waals surface area contributed by atoms with E-state index in [4.69, 9.17) is 0 Å². The van der Waals surface area contributed by atoms with Gasteiger partial charge in [-0.25, -0.2) is 4.98 Å². The molecule has 170 valence electrons. The Kier molecular flexibility index (Phi) is 6.37. The van der Waals surface area contributed by atoms with Gasteiger partial charge in [-0.3, -0.25) is 14.5 Å². The SMILES string of the molecule is O=C(c1cccc(NCc2ccccc2)c1)N1CC(N2CCN(C(=O)c3nccs3)CC2)C1. The summed E-state index contributed by atoms with van der Waals surface area (Å²) in [5, 5.41) is 5.79. The van der Waals surface area contributed by atoms with E-state index in [9.17, 15) is 9.59 Å². The highest BCUT2D eigenvalue weighted by Crippen LogP contribution is 2.22. The van der Waals surface area contributed by atoms with E-state index >= 15 is 0 Å². The fraction of sp³-hybridized carbons (Fsp3) is 0.320. The van der Waals surface area contributed by atoms with Crippen molar-refractivity contribution in [1.29, 1.82) is 0 Å². The lowest BCUT2D eigenvalue weighted by atomic mass is 10.0. The molecule has 0 radical (unpaired) electrons. The second-order valence-electron chi connectivity index (χ2n) is 8.45. The Labute approximate surface area is 197 Å². The molecule has 2 aromatic carbocycles. The summed E-state index contributed by atoms with van der Waals surface area (Å²) in [6, 6.07) is 18.3. The Morgan fingerprint density at radius 1 is 0.939 bits per heavy atom. The van der Waals surface area contributed by atoms with E-state index in [1.54, 1.807) is 6.20 Å². The van der Waals surface area contributed by atoms with Crippen molar-refractivity contribution in [1.82, 2.24) is 19.7 Å². The van der Waals surface area contributed by atoms with Gasteiger partial charge in [-0.05, 0) is 23.8 Å². The van der Waals surface area contributed by atoms with Crippen LogP contribution in [0.1, 0.15) is 25.7 Å². The summed E-state index contributed by atoms with van der Waals surface area (Å²) in [4.78, 5) is 35.8. The topological polar surface area (TPSA) is 68.8 Å². The first kappa shape index (κ1) is 21.6. The zero-order valence-electron chi connectivity index (χ0n) is 18.4. The van der Waals surface area contributed by atoms with Crippen molar-refractivity contribution in [2.24, 2.45) is 0 Å². The maximum absolute atomic E-state index is 13.0. The lowest BCUT2D eigenvalue weighted by Crippen LogP contribution is -2.64. The fourth-order valence-corrected chi connectivity index (χ4v) is 4.95. The van der Waals surface area contributed by atoms with Crippen LogP contribution < -0.4 is 5.32 Å². The van der Waals surface area contributed by atoms with Gasteiger partial charge in [0.15, 0.2) is 5.01 Å². The van der Waals surface area contributed by atoms with E-state index in [1.165, 1.54) is 16.9 Å². The number of carbonyl (C=O) groups is 2. The number of hydrogen-bond donors (Lipinski definition) is 1. The molecule has 3 heterocycles. The molecule has 0 bridgehead atoms. The van der Waals surface area contributed by atoms with E-state index in [0.717, 1.165) is 38.4 Å². The molecule has 2 saturated heterocycles. The lowest BCUT2D eigenvalue weighted by molar-refractivity contribution is 0.00853. The quantitative estimate of drug-likeness (QED) is 0.611. The zero-order chi connectivity index (χ0) is 22.6. The van der Waals surface area contributed by atoms with Crippen molar-refractivity contribution in [3.63, 3.8) is 0 Å². The highest BCUT2D eigenvalue weighted by Gasteiger charge is 2.37. The Bertz CT molecular complexity index is 1090. The summed E-state index contributed by atoms with van der Waals surface area (Å²) in [7, 11) is 0. The van der Waals surface area contributed by atoms with Crippen LogP contribution >= 0.6 is 11.3 Å². The number of anilines is 1. The predicted molar refractivity (Wildman–Crippen MR) is 129 cm³/mol. The number of thiazole rings is 1. The average molecular weight is 462 g/mol. The van der Waals surface area contributed by atoms with Crippen molar-refractivity contribution in [2.45, 2.75) is 12.6 Å². The molecule has 0 unspecified atom stereocenters. The molecule has 0 atom stereocenters. The number of likely N-dealkylation sites (tertiary alicyclic amines) is 1. The molecule has 0 aliphatic carbocycles. The summed E-state index contributed by atoms with van der Waals surface area (Å²) >= 11 is 1.39. The maximum atomic E-state index is 13.0. The number of aromatic nitrogens is 1. The molecule has 2 aliphatic rings. The Hall–Kier alpha value is -3.23. The van der Waals surface area contributed by atoms with Gasteiger partial charge in [0.1, 0.15) is 0 Å². The first-order valence-electron chi connectivity index (χ1n) is 11.3. The van der Waals surface area contributed by atoms with Crippen LogP contribution in [-0.2, 0) is 6.54 Å². The van der Waals surface area contributed by atoms with Crippen LogP contribution in [0.25, 0.3) is 0 Å². The second kappa shape index (κ2) is 9.72. The number of amides is 2. The molecule has 1 aromatic heterocycles. The van der Waals surface area contributed by atoms with Crippen molar-refractivity contribution >= 4 is 28.8 Å². The fourth-order valence-electron chi connectivity index (χ4n) is 4.35. The smallest absolute Gasteiger partial charge is 0.282 e. The van der Waals surface area contributed by atoms with Crippen molar-refractivity contribution in [3.05, 3.63) is 82.3 Å². The molecule has 5 rings (SSSR count). The van der Waals surface area contributed by atoms with Gasteiger partial charge in [0.05, 0.1) is 0 Å². The van der Waals surface area contributed by atoms with Crippen molar-refractivity contribution in [2.75, 3.05) is 44.6 Å². The normalized spacial score (nSPS) is 17.0. The van der Waals surface area contributed by atoms with Crippen molar-refractivity contribution < 1.29 is 9.59 Å². The van der Waals surface area contributed by atoms with Gasteiger partial charge < -0.3 is 15.1 Å². The number of nitrogens with zero attached hydrogens (tertiary/aromatic N) is 4. The van der Waals surface area contributed by atoms with E-state index in [1.807, 2.05) is 57.6 Å². The molecule has 7 nitrogen and oxygen atoms in total. The largest absolute Gasteiger partial charge is 0.381 e. The first-order chi connectivity index (χ1) is 16.2. The molecular formula is C25H27N5O2S. The van der Waals surface area contributed by atoms with E-state index in [2.05, 4.69) is 27.3 Å². The van der Waals surface area contributed by atoms with E-state index in [0.29, 0.717) is 29.7 Å². The molecule has 1 N–H and O–H groups in total. The van der Waals surface area contributed by atoms with Crippen LogP contribution in [0.4, 0.5) is 5.69 Å². The van der Waals surface area contributed by atoms with Crippen LogP contribution in [-0.4, -0.2) is 76.8 Å². The van der Waals surface area contributed by atoms with Gasteiger partial charge in [0, 0.05) is 74.7 Å². The van der Waals surface area contributed by atoms with Crippen LogP contribution in [0, 0.1) is 0 Å². The standard InChI is InChI=1S/C25H27N5O2S/c31-24(20-7-4-8-21(15-20)27-16-19-5-2-1-3-6-19)30-17-22(18-30)28-10-12-29(13-11-28)25(32)23-26-9-14-33-23/h1-9,14-15,22,27H,10-13,16-18H2. The van der Waals surface area contributed by atoms with Crippen LogP contribution in [0.5, 0.6) is 0 Å². The van der Waals surface area contributed by atoms with Gasteiger partial charge in [0.2, 0.25) is 0 Å². The third-order valence-corrected chi connectivity index (χ3v) is 7.09. The van der Waals surface area contributed by atoms with Gasteiger partial charge in [-0.2, -0.15) is 0 Å². The number of piperazine rings is 1. The molecule has 0 saturated carbocycles.